The molecule has 5 nitrogen and oxygen atoms in total. The summed E-state index contributed by atoms with van der Waals surface area (Å²) in [6.45, 7) is 13.3. The van der Waals surface area contributed by atoms with Crippen LogP contribution in [0, 0.1) is 20.8 Å². The lowest BCUT2D eigenvalue weighted by atomic mass is 10.1. The van der Waals surface area contributed by atoms with Crippen LogP contribution in [0.2, 0.25) is 10.0 Å². The Kier molecular flexibility index (Phi) is 8.60. The summed E-state index contributed by atoms with van der Waals surface area (Å²) in [5.74, 6) is 0.0942. The number of hydrogen-bond donors (Lipinski definition) is 1. The summed E-state index contributed by atoms with van der Waals surface area (Å²) in [6.07, 6.45) is 0. The summed E-state index contributed by atoms with van der Waals surface area (Å²) < 4.78 is 5.88. The second kappa shape index (κ2) is 10.6. The maximum atomic E-state index is 13.2. The van der Waals surface area contributed by atoms with Gasteiger partial charge >= 0.3 is 0 Å². The normalized spacial score (nSPS) is 12.3. The van der Waals surface area contributed by atoms with Gasteiger partial charge in [-0.25, -0.2) is 0 Å². The SMILES string of the molecule is Cc1cc(C)c(C)c(OCC(=O)N(Cc2ccc(Cl)cc2Cl)[C@H](C)C(=O)NC(C)(C)C)c1. The zero-order valence-electron chi connectivity index (χ0n) is 19.8. The first-order valence-corrected chi connectivity index (χ1v) is 11.3. The Morgan fingerprint density at radius 3 is 2.34 bits per heavy atom. The zero-order valence-corrected chi connectivity index (χ0v) is 21.3. The molecule has 0 fully saturated rings. The number of benzene rings is 2. The summed E-state index contributed by atoms with van der Waals surface area (Å²) in [5, 5.41) is 3.87. The molecular formula is C25H32Cl2N2O3. The van der Waals surface area contributed by atoms with Crippen LogP contribution in [0.4, 0.5) is 0 Å². The van der Waals surface area contributed by atoms with Crippen LogP contribution in [0.15, 0.2) is 30.3 Å². The highest BCUT2D eigenvalue weighted by molar-refractivity contribution is 6.35. The first-order chi connectivity index (χ1) is 14.8. The van der Waals surface area contributed by atoms with Crippen molar-refractivity contribution >= 4 is 35.0 Å². The second-order valence-corrected chi connectivity index (χ2v) is 10.0. The van der Waals surface area contributed by atoms with E-state index in [1.807, 2.05) is 47.6 Å². The number of nitrogens with zero attached hydrogens (tertiary/aromatic N) is 1. The molecule has 0 heterocycles. The molecule has 0 aliphatic rings. The van der Waals surface area contributed by atoms with Gasteiger partial charge in [0, 0.05) is 22.1 Å². The van der Waals surface area contributed by atoms with Gasteiger partial charge in [0.05, 0.1) is 0 Å². The Labute approximate surface area is 201 Å². The lowest BCUT2D eigenvalue weighted by Crippen LogP contribution is -2.53. The minimum Gasteiger partial charge on any atom is -0.483 e. The molecule has 174 valence electrons. The van der Waals surface area contributed by atoms with E-state index < -0.39 is 11.6 Å². The molecule has 0 saturated heterocycles. The van der Waals surface area contributed by atoms with Crippen molar-refractivity contribution in [3.63, 3.8) is 0 Å². The van der Waals surface area contributed by atoms with Crippen LogP contribution in [0.1, 0.15) is 49.9 Å². The van der Waals surface area contributed by atoms with Crippen LogP contribution in [-0.2, 0) is 16.1 Å². The number of halogens is 2. The smallest absolute Gasteiger partial charge is 0.261 e. The van der Waals surface area contributed by atoms with Gasteiger partial charge in [-0.3, -0.25) is 9.59 Å². The van der Waals surface area contributed by atoms with Crippen molar-refractivity contribution in [3.05, 3.63) is 62.6 Å². The standard InChI is InChI=1S/C25H32Cl2N2O3/c1-15-10-16(2)17(3)22(11-15)32-14-23(30)29(18(4)24(31)28-25(5,6)7)13-19-8-9-20(26)12-21(19)27/h8-12,18H,13-14H2,1-7H3,(H,28,31)/t18-/m1/s1. The average Bonchev–Trinajstić information content (AvgIpc) is 2.67. The van der Waals surface area contributed by atoms with Gasteiger partial charge in [-0.1, -0.05) is 35.3 Å². The van der Waals surface area contributed by atoms with Crippen molar-refractivity contribution in [2.75, 3.05) is 6.61 Å². The van der Waals surface area contributed by atoms with Crippen molar-refractivity contribution in [2.24, 2.45) is 0 Å². The molecule has 0 aromatic heterocycles. The number of aryl methyl sites for hydroxylation is 2. The fraction of sp³-hybridized carbons (Fsp3) is 0.440. The van der Waals surface area contributed by atoms with Crippen molar-refractivity contribution in [3.8, 4) is 5.75 Å². The summed E-state index contributed by atoms with van der Waals surface area (Å²) >= 11 is 12.4. The van der Waals surface area contributed by atoms with Gasteiger partial charge in [-0.15, -0.1) is 0 Å². The molecule has 32 heavy (non-hydrogen) atoms. The van der Waals surface area contributed by atoms with Crippen molar-refractivity contribution in [1.29, 1.82) is 0 Å². The molecule has 0 unspecified atom stereocenters. The van der Waals surface area contributed by atoms with E-state index in [4.69, 9.17) is 27.9 Å². The molecule has 2 aromatic carbocycles. The average molecular weight is 479 g/mol. The highest BCUT2D eigenvalue weighted by atomic mass is 35.5. The second-order valence-electron chi connectivity index (χ2n) is 9.17. The third kappa shape index (κ3) is 7.14. The number of ether oxygens (including phenoxy) is 1. The number of carbonyl (C=O) groups excluding carboxylic acids is 2. The predicted octanol–water partition coefficient (Wildman–Crippen LogP) is 5.63. The highest BCUT2D eigenvalue weighted by Gasteiger charge is 2.29. The highest BCUT2D eigenvalue weighted by Crippen LogP contribution is 2.25. The van der Waals surface area contributed by atoms with Gasteiger partial charge in [0.2, 0.25) is 5.91 Å². The van der Waals surface area contributed by atoms with Gasteiger partial charge in [0.1, 0.15) is 11.8 Å². The van der Waals surface area contributed by atoms with E-state index in [0.29, 0.717) is 21.4 Å². The number of nitrogens with one attached hydrogen (secondary N) is 1. The van der Waals surface area contributed by atoms with Crippen LogP contribution >= 0.6 is 23.2 Å². The van der Waals surface area contributed by atoms with E-state index in [2.05, 4.69) is 11.4 Å². The number of rotatable bonds is 7. The van der Waals surface area contributed by atoms with Crippen molar-refractivity contribution in [2.45, 2.75) is 66.6 Å². The molecule has 0 aliphatic carbocycles. The summed E-state index contributed by atoms with van der Waals surface area (Å²) in [7, 11) is 0. The monoisotopic (exact) mass is 478 g/mol. The molecule has 2 rings (SSSR count). The molecule has 0 bridgehead atoms. The Bertz CT molecular complexity index is 999. The fourth-order valence-electron chi connectivity index (χ4n) is 3.26. The summed E-state index contributed by atoms with van der Waals surface area (Å²) in [6, 6.07) is 8.34. The Morgan fingerprint density at radius 2 is 1.75 bits per heavy atom. The number of hydrogen-bond acceptors (Lipinski definition) is 3. The lowest BCUT2D eigenvalue weighted by molar-refractivity contribution is -0.142. The maximum absolute atomic E-state index is 13.2. The summed E-state index contributed by atoms with van der Waals surface area (Å²) in [4.78, 5) is 27.6. The Hall–Kier alpha value is -2.24. The lowest BCUT2D eigenvalue weighted by Gasteiger charge is -2.31. The predicted molar refractivity (Wildman–Crippen MR) is 131 cm³/mol. The van der Waals surface area contributed by atoms with Crippen molar-refractivity contribution in [1.82, 2.24) is 10.2 Å². The van der Waals surface area contributed by atoms with Gasteiger partial charge in [-0.2, -0.15) is 0 Å². The number of amides is 2. The van der Waals surface area contributed by atoms with Crippen LogP contribution in [0.25, 0.3) is 0 Å². The third-order valence-corrected chi connectivity index (χ3v) is 5.72. The molecule has 7 heteroatoms. The van der Waals surface area contributed by atoms with E-state index in [-0.39, 0.29) is 25.0 Å². The topological polar surface area (TPSA) is 58.6 Å². The zero-order chi connectivity index (χ0) is 24.2. The molecular weight excluding hydrogens is 447 g/mol. The molecule has 0 spiro atoms. The van der Waals surface area contributed by atoms with Crippen LogP contribution in [-0.4, -0.2) is 34.9 Å². The van der Waals surface area contributed by atoms with E-state index in [9.17, 15) is 9.59 Å². The number of carbonyl (C=O) groups is 2. The van der Waals surface area contributed by atoms with E-state index in [1.54, 1.807) is 25.1 Å². The first-order valence-electron chi connectivity index (χ1n) is 10.5. The van der Waals surface area contributed by atoms with Crippen LogP contribution in [0.5, 0.6) is 5.75 Å². The van der Waals surface area contributed by atoms with Crippen LogP contribution in [0.3, 0.4) is 0 Å². The molecule has 1 N–H and O–H groups in total. The molecule has 0 saturated carbocycles. The fourth-order valence-corrected chi connectivity index (χ4v) is 3.73. The molecule has 2 amide bonds. The quantitative estimate of drug-likeness (QED) is 0.560. The van der Waals surface area contributed by atoms with E-state index in [1.165, 1.54) is 4.90 Å². The summed E-state index contributed by atoms with van der Waals surface area (Å²) in [5.41, 5.74) is 3.40. The minimum atomic E-state index is -0.725. The molecule has 0 aliphatic heterocycles. The minimum absolute atomic E-state index is 0.156. The first kappa shape index (κ1) is 26.0. The largest absolute Gasteiger partial charge is 0.483 e. The van der Waals surface area contributed by atoms with Gasteiger partial charge in [0.25, 0.3) is 5.91 Å². The molecule has 0 radical (unpaired) electrons. The van der Waals surface area contributed by atoms with E-state index >= 15 is 0 Å². The van der Waals surface area contributed by atoms with Crippen molar-refractivity contribution < 1.29 is 14.3 Å². The van der Waals surface area contributed by atoms with Crippen LogP contribution < -0.4 is 10.1 Å². The van der Waals surface area contributed by atoms with E-state index in [0.717, 1.165) is 16.7 Å². The maximum Gasteiger partial charge on any atom is 0.261 e. The Balaban J connectivity index is 2.28. The van der Waals surface area contributed by atoms with Gasteiger partial charge in [0.15, 0.2) is 6.61 Å². The van der Waals surface area contributed by atoms with Gasteiger partial charge < -0.3 is 15.0 Å². The molecule has 1 atom stereocenters. The van der Waals surface area contributed by atoms with Gasteiger partial charge in [-0.05, 0) is 88.9 Å². The Morgan fingerprint density at radius 1 is 1.09 bits per heavy atom. The molecule has 2 aromatic rings. The third-order valence-electron chi connectivity index (χ3n) is 5.14.